The van der Waals surface area contributed by atoms with E-state index >= 15 is 0 Å². The lowest BCUT2D eigenvalue weighted by Gasteiger charge is -2.12. The molecule has 5 heteroatoms. The maximum absolute atomic E-state index is 11.4. The Hall–Kier alpha value is -1.33. The fourth-order valence-electron chi connectivity index (χ4n) is 1.90. The lowest BCUT2D eigenvalue weighted by Crippen LogP contribution is -1.96. The lowest BCUT2D eigenvalue weighted by atomic mass is 10.1. The Bertz CT molecular complexity index is 711. The zero-order chi connectivity index (χ0) is 14.9. The highest BCUT2D eigenvalue weighted by Gasteiger charge is 2.10. The summed E-state index contributed by atoms with van der Waals surface area (Å²) < 4.78 is 29.5. The number of aryl methyl sites for hydroxylation is 2. The number of rotatable bonds is 3. The molecule has 2 aromatic carbocycles. The van der Waals surface area contributed by atoms with Crippen LogP contribution in [-0.4, -0.2) is 14.7 Å². The first-order valence-electron chi connectivity index (χ1n) is 6.02. The third-order valence-corrected chi connectivity index (χ3v) is 4.56. The fourth-order valence-corrected chi connectivity index (χ4v) is 3.29. The van der Waals surface area contributed by atoms with Gasteiger partial charge in [-0.25, -0.2) is 8.42 Å². The minimum Gasteiger partial charge on any atom is -0.456 e. The highest BCUT2D eigenvalue weighted by Crippen LogP contribution is 2.34. The standard InChI is InChI=1S/C15H15BrO3S/c1-10-8-11(2)15(14(16)9-10)19-12-4-6-13(7-5-12)20(3,17)18/h4-9H,1-3H3. The summed E-state index contributed by atoms with van der Waals surface area (Å²) in [5.41, 5.74) is 2.17. The summed E-state index contributed by atoms with van der Waals surface area (Å²) in [6, 6.07) is 10.4. The van der Waals surface area contributed by atoms with Gasteiger partial charge in [0.05, 0.1) is 9.37 Å². The average molecular weight is 355 g/mol. The number of ether oxygens (including phenoxy) is 1. The Morgan fingerprint density at radius 3 is 2.15 bits per heavy atom. The molecule has 106 valence electrons. The second-order valence-corrected chi connectivity index (χ2v) is 7.61. The molecule has 0 unspecified atom stereocenters. The van der Waals surface area contributed by atoms with Crippen LogP contribution < -0.4 is 4.74 Å². The van der Waals surface area contributed by atoms with Gasteiger partial charge < -0.3 is 4.74 Å². The number of halogens is 1. The molecule has 0 radical (unpaired) electrons. The summed E-state index contributed by atoms with van der Waals surface area (Å²) in [6.45, 7) is 3.99. The maximum Gasteiger partial charge on any atom is 0.175 e. The highest BCUT2D eigenvalue weighted by molar-refractivity contribution is 9.10. The molecule has 0 aromatic heterocycles. The Labute approximate surface area is 127 Å². The van der Waals surface area contributed by atoms with Gasteiger partial charge in [-0.3, -0.25) is 0 Å². The van der Waals surface area contributed by atoms with Crippen molar-refractivity contribution < 1.29 is 13.2 Å². The lowest BCUT2D eigenvalue weighted by molar-refractivity contribution is 0.475. The van der Waals surface area contributed by atoms with Gasteiger partial charge in [-0.05, 0) is 71.2 Å². The smallest absolute Gasteiger partial charge is 0.175 e. The van der Waals surface area contributed by atoms with Gasteiger partial charge in [-0.15, -0.1) is 0 Å². The predicted molar refractivity (Wildman–Crippen MR) is 83.2 cm³/mol. The van der Waals surface area contributed by atoms with Gasteiger partial charge >= 0.3 is 0 Å². The summed E-state index contributed by atoms with van der Waals surface area (Å²) in [7, 11) is -3.18. The van der Waals surface area contributed by atoms with Gasteiger partial charge in [-0.2, -0.15) is 0 Å². The van der Waals surface area contributed by atoms with Crippen LogP contribution in [0.5, 0.6) is 11.5 Å². The summed E-state index contributed by atoms with van der Waals surface area (Å²) in [5, 5.41) is 0. The third kappa shape index (κ3) is 3.41. The molecule has 20 heavy (non-hydrogen) atoms. The van der Waals surface area contributed by atoms with Crippen LogP contribution in [0.25, 0.3) is 0 Å². The summed E-state index contributed by atoms with van der Waals surface area (Å²) in [4.78, 5) is 0.282. The van der Waals surface area contributed by atoms with Crippen molar-refractivity contribution in [3.8, 4) is 11.5 Å². The van der Waals surface area contributed by atoms with Crippen LogP contribution in [0.4, 0.5) is 0 Å². The average Bonchev–Trinajstić information content (AvgIpc) is 2.33. The van der Waals surface area contributed by atoms with Crippen molar-refractivity contribution >= 4 is 25.8 Å². The van der Waals surface area contributed by atoms with Gasteiger partial charge in [0.2, 0.25) is 0 Å². The highest BCUT2D eigenvalue weighted by atomic mass is 79.9. The van der Waals surface area contributed by atoms with Crippen molar-refractivity contribution in [1.82, 2.24) is 0 Å². The molecule has 0 bridgehead atoms. The molecule has 0 atom stereocenters. The summed E-state index contributed by atoms with van der Waals surface area (Å²) in [5.74, 6) is 1.34. The molecule has 2 aromatic rings. The first-order valence-corrected chi connectivity index (χ1v) is 8.70. The van der Waals surface area contributed by atoms with Crippen LogP contribution in [0.3, 0.4) is 0 Å². The van der Waals surface area contributed by atoms with E-state index in [1.165, 1.54) is 6.26 Å². The van der Waals surface area contributed by atoms with Gasteiger partial charge in [0.25, 0.3) is 0 Å². The van der Waals surface area contributed by atoms with Crippen molar-refractivity contribution in [3.05, 3.63) is 52.0 Å². The van der Waals surface area contributed by atoms with Crippen molar-refractivity contribution in [2.24, 2.45) is 0 Å². The van der Waals surface area contributed by atoms with E-state index in [0.29, 0.717) is 5.75 Å². The van der Waals surface area contributed by atoms with Crippen LogP contribution in [-0.2, 0) is 9.84 Å². The van der Waals surface area contributed by atoms with E-state index in [1.54, 1.807) is 24.3 Å². The predicted octanol–water partition coefficient (Wildman–Crippen LogP) is 4.26. The molecule has 0 saturated carbocycles. The van der Waals surface area contributed by atoms with Gasteiger partial charge in [0, 0.05) is 6.26 Å². The molecule has 0 N–H and O–H groups in total. The van der Waals surface area contributed by atoms with Crippen molar-refractivity contribution in [3.63, 3.8) is 0 Å². The van der Waals surface area contributed by atoms with E-state index in [-0.39, 0.29) is 4.90 Å². The van der Waals surface area contributed by atoms with E-state index in [9.17, 15) is 8.42 Å². The Morgan fingerprint density at radius 2 is 1.65 bits per heavy atom. The quantitative estimate of drug-likeness (QED) is 0.826. The minimum atomic E-state index is -3.18. The second-order valence-electron chi connectivity index (χ2n) is 4.74. The van der Waals surface area contributed by atoms with Crippen LogP contribution in [0.1, 0.15) is 11.1 Å². The zero-order valence-corrected chi connectivity index (χ0v) is 13.9. The maximum atomic E-state index is 11.4. The Kier molecular flexibility index (Phi) is 4.20. The van der Waals surface area contributed by atoms with Gasteiger partial charge in [-0.1, -0.05) is 6.07 Å². The third-order valence-electron chi connectivity index (χ3n) is 2.85. The molecule has 0 aliphatic rings. The second kappa shape index (κ2) is 5.58. The number of benzene rings is 2. The van der Waals surface area contributed by atoms with E-state index in [4.69, 9.17) is 4.74 Å². The van der Waals surface area contributed by atoms with Gasteiger partial charge in [0.1, 0.15) is 11.5 Å². The van der Waals surface area contributed by atoms with Crippen LogP contribution in [0, 0.1) is 13.8 Å². The largest absolute Gasteiger partial charge is 0.456 e. The topological polar surface area (TPSA) is 43.4 Å². The summed E-state index contributed by atoms with van der Waals surface area (Å²) >= 11 is 3.48. The Balaban J connectivity index is 2.32. The first-order chi connectivity index (χ1) is 9.27. The zero-order valence-electron chi connectivity index (χ0n) is 11.5. The monoisotopic (exact) mass is 354 g/mol. The van der Waals surface area contributed by atoms with E-state index in [0.717, 1.165) is 21.3 Å². The van der Waals surface area contributed by atoms with E-state index < -0.39 is 9.84 Å². The molecule has 0 aliphatic carbocycles. The number of hydrogen-bond donors (Lipinski definition) is 0. The van der Waals surface area contributed by atoms with E-state index in [2.05, 4.69) is 15.9 Å². The molecule has 0 spiro atoms. The Morgan fingerprint density at radius 1 is 1.05 bits per heavy atom. The minimum absolute atomic E-state index is 0.282. The molecule has 0 heterocycles. The molecule has 0 saturated heterocycles. The molecular weight excluding hydrogens is 340 g/mol. The molecule has 2 rings (SSSR count). The van der Waals surface area contributed by atoms with Gasteiger partial charge in [0.15, 0.2) is 9.84 Å². The van der Waals surface area contributed by atoms with Crippen LogP contribution in [0.2, 0.25) is 0 Å². The van der Waals surface area contributed by atoms with Crippen molar-refractivity contribution in [1.29, 1.82) is 0 Å². The number of sulfone groups is 1. The summed E-state index contributed by atoms with van der Waals surface area (Å²) in [6.07, 6.45) is 1.18. The van der Waals surface area contributed by atoms with Crippen LogP contribution in [0.15, 0.2) is 45.8 Å². The molecule has 3 nitrogen and oxygen atoms in total. The van der Waals surface area contributed by atoms with Crippen LogP contribution >= 0.6 is 15.9 Å². The van der Waals surface area contributed by atoms with Crippen molar-refractivity contribution in [2.45, 2.75) is 18.7 Å². The molecule has 0 amide bonds. The number of hydrogen-bond acceptors (Lipinski definition) is 3. The first kappa shape index (κ1) is 15.1. The SMILES string of the molecule is Cc1cc(C)c(Oc2ccc(S(C)(=O)=O)cc2)c(Br)c1. The molecule has 0 aliphatic heterocycles. The molecule has 0 fully saturated rings. The fraction of sp³-hybridized carbons (Fsp3) is 0.200. The van der Waals surface area contributed by atoms with E-state index in [1.807, 2.05) is 26.0 Å². The molecular formula is C15H15BrO3S. The van der Waals surface area contributed by atoms with Crippen molar-refractivity contribution in [2.75, 3.05) is 6.26 Å². The normalized spacial score (nSPS) is 11.4.